The van der Waals surface area contributed by atoms with E-state index in [0.29, 0.717) is 11.1 Å². The van der Waals surface area contributed by atoms with Gasteiger partial charge in [0.2, 0.25) is 0 Å². The quantitative estimate of drug-likeness (QED) is 0.785. The number of methoxy groups -OCH3 is 1. The zero-order valence-electron chi connectivity index (χ0n) is 8.66. The topological polar surface area (TPSA) is 38.3 Å². The van der Waals surface area contributed by atoms with Crippen LogP contribution in [0.15, 0.2) is 30.5 Å². The Kier molecular flexibility index (Phi) is 2.72. The average Bonchev–Trinajstić information content (AvgIpc) is 2.27. The summed E-state index contributed by atoms with van der Waals surface area (Å²) in [6.45, 7) is 0. The van der Waals surface area contributed by atoms with Gasteiger partial charge in [0.05, 0.1) is 12.7 Å². The van der Waals surface area contributed by atoms with Crippen molar-refractivity contribution < 1.29 is 13.9 Å². The molecule has 1 N–H and O–H groups in total. The molecule has 1 aliphatic heterocycles. The van der Waals surface area contributed by atoms with E-state index in [1.54, 1.807) is 18.2 Å². The summed E-state index contributed by atoms with van der Waals surface area (Å²) in [6, 6.07) is 2.67. The summed E-state index contributed by atoms with van der Waals surface area (Å²) in [5.74, 6) is -0.757. The number of allylic oxidation sites excluding steroid dienone is 2. The highest BCUT2D eigenvalue weighted by molar-refractivity contribution is 5.99. The zero-order valence-corrected chi connectivity index (χ0v) is 8.66. The first kappa shape index (κ1) is 10.4. The highest BCUT2D eigenvalue weighted by Gasteiger charge is 2.14. The molecular formula is C12H10FNO2. The lowest BCUT2D eigenvalue weighted by Gasteiger charge is -2.10. The minimum absolute atomic E-state index is 0.126. The predicted molar refractivity (Wildman–Crippen MR) is 58.6 cm³/mol. The maximum atomic E-state index is 13.4. The SMILES string of the molecule is COc1cc2c(cc1F)C(=O)NC=CC=C2. The zero-order chi connectivity index (χ0) is 11.5. The van der Waals surface area contributed by atoms with Crippen molar-refractivity contribution in [3.05, 3.63) is 47.4 Å². The van der Waals surface area contributed by atoms with Gasteiger partial charge in [0, 0.05) is 6.20 Å². The molecule has 1 heterocycles. The predicted octanol–water partition coefficient (Wildman–Crippen LogP) is 2.10. The summed E-state index contributed by atoms with van der Waals surface area (Å²) in [5.41, 5.74) is 0.916. The Balaban J connectivity index is 2.60. The Labute approximate surface area is 92.2 Å². The number of rotatable bonds is 1. The van der Waals surface area contributed by atoms with E-state index in [1.165, 1.54) is 25.4 Å². The van der Waals surface area contributed by atoms with Crippen LogP contribution in [0.2, 0.25) is 0 Å². The number of benzene rings is 1. The number of halogens is 1. The fourth-order valence-electron chi connectivity index (χ4n) is 1.48. The molecule has 1 aromatic carbocycles. The number of hydrogen-bond acceptors (Lipinski definition) is 2. The van der Waals surface area contributed by atoms with Gasteiger partial charge in [0.25, 0.3) is 5.91 Å². The third kappa shape index (κ3) is 1.82. The van der Waals surface area contributed by atoms with Crippen molar-refractivity contribution in [2.45, 2.75) is 0 Å². The lowest BCUT2D eigenvalue weighted by molar-refractivity contribution is 0.0969. The summed E-state index contributed by atoms with van der Waals surface area (Å²) in [6.07, 6.45) is 6.68. The molecule has 16 heavy (non-hydrogen) atoms. The molecule has 0 bridgehead atoms. The number of hydrogen-bond donors (Lipinski definition) is 1. The van der Waals surface area contributed by atoms with Crippen LogP contribution >= 0.6 is 0 Å². The molecule has 1 aliphatic rings. The molecule has 0 saturated heterocycles. The molecule has 0 aliphatic carbocycles. The molecule has 0 aromatic heterocycles. The monoisotopic (exact) mass is 219 g/mol. The van der Waals surface area contributed by atoms with Gasteiger partial charge in [-0.15, -0.1) is 0 Å². The lowest BCUT2D eigenvalue weighted by Crippen LogP contribution is -2.19. The van der Waals surface area contributed by atoms with Crippen molar-refractivity contribution in [2.75, 3.05) is 7.11 Å². The molecule has 4 heteroatoms. The summed E-state index contributed by atoms with van der Waals surface area (Å²) >= 11 is 0. The minimum atomic E-state index is -0.547. The maximum Gasteiger partial charge on any atom is 0.255 e. The van der Waals surface area contributed by atoms with Crippen LogP contribution in [0, 0.1) is 5.82 Å². The summed E-state index contributed by atoms with van der Waals surface area (Å²) in [4.78, 5) is 11.6. The van der Waals surface area contributed by atoms with Crippen LogP contribution < -0.4 is 10.1 Å². The Morgan fingerprint density at radius 1 is 1.31 bits per heavy atom. The van der Waals surface area contributed by atoms with E-state index < -0.39 is 5.82 Å². The molecular weight excluding hydrogens is 209 g/mol. The standard InChI is InChI=1S/C12H10FNO2/c1-16-11-6-8-4-2-3-5-14-12(15)9(8)7-10(11)13/h2-7H,1H3,(H,14,15). The van der Waals surface area contributed by atoms with Crippen molar-refractivity contribution in [2.24, 2.45) is 0 Å². The van der Waals surface area contributed by atoms with Gasteiger partial charge < -0.3 is 10.1 Å². The molecule has 2 rings (SSSR count). The molecule has 0 fully saturated rings. The fraction of sp³-hybridized carbons (Fsp3) is 0.0833. The van der Waals surface area contributed by atoms with Crippen LogP contribution in [-0.4, -0.2) is 13.0 Å². The number of amides is 1. The maximum absolute atomic E-state index is 13.4. The number of carbonyl (C=O) groups excluding carboxylic acids is 1. The Bertz CT molecular complexity index is 492. The molecule has 0 saturated carbocycles. The number of ether oxygens (including phenoxy) is 1. The van der Waals surface area contributed by atoms with Gasteiger partial charge in [0.1, 0.15) is 0 Å². The largest absolute Gasteiger partial charge is 0.494 e. The molecule has 3 nitrogen and oxygen atoms in total. The molecule has 82 valence electrons. The fourth-order valence-corrected chi connectivity index (χ4v) is 1.48. The van der Waals surface area contributed by atoms with Gasteiger partial charge in [-0.1, -0.05) is 12.2 Å². The van der Waals surface area contributed by atoms with Crippen LogP contribution in [-0.2, 0) is 0 Å². The van der Waals surface area contributed by atoms with E-state index in [-0.39, 0.29) is 11.7 Å². The number of carbonyl (C=O) groups is 1. The van der Waals surface area contributed by atoms with Gasteiger partial charge in [-0.25, -0.2) is 4.39 Å². The molecule has 0 unspecified atom stereocenters. The molecule has 0 spiro atoms. The second-order valence-corrected chi connectivity index (χ2v) is 3.27. The van der Waals surface area contributed by atoms with E-state index in [4.69, 9.17) is 4.74 Å². The smallest absolute Gasteiger partial charge is 0.255 e. The number of fused-ring (bicyclic) bond motifs is 1. The summed E-state index contributed by atoms with van der Waals surface area (Å²) in [5, 5.41) is 2.53. The van der Waals surface area contributed by atoms with Crippen molar-refractivity contribution in [1.29, 1.82) is 0 Å². The third-order valence-electron chi connectivity index (χ3n) is 2.27. The van der Waals surface area contributed by atoms with Crippen molar-refractivity contribution in [3.63, 3.8) is 0 Å². The van der Waals surface area contributed by atoms with Crippen LogP contribution in [0.1, 0.15) is 15.9 Å². The van der Waals surface area contributed by atoms with E-state index in [0.717, 1.165) is 0 Å². The normalized spacial score (nSPS) is 13.8. The van der Waals surface area contributed by atoms with E-state index in [1.807, 2.05) is 0 Å². The van der Waals surface area contributed by atoms with E-state index >= 15 is 0 Å². The first-order chi connectivity index (χ1) is 7.72. The molecule has 1 amide bonds. The minimum Gasteiger partial charge on any atom is -0.494 e. The van der Waals surface area contributed by atoms with Crippen LogP contribution in [0.5, 0.6) is 5.75 Å². The highest BCUT2D eigenvalue weighted by Crippen LogP contribution is 2.23. The van der Waals surface area contributed by atoms with Crippen LogP contribution in [0.4, 0.5) is 4.39 Å². The first-order valence-corrected chi connectivity index (χ1v) is 4.74. The third-order valence-corrected chi connectivity index (χ3v) is 2.27. The Morgan fingerprint density at radius 3 is 2.88 bits per heavy atom. The Morgan fingerprint density at radius 2 is 2.12 bits per heavy atom. The van der Waals surface area contributed by atoms with Gasteiger partial charge in [-0.05, 0) is 23.8 Å². The molecule has 0 atom stereocenters. The van der Waals surface area contributed by atoms with Gasteiger partial charge in [-0.3, -0.25) is 4.79 Å². The highest BCUT2D eigenvalue weighted by atomic mass is 19.1. The van der Waals surface area contributed by atoms with E-state index in [9.17, 15) is 9.18 Å². The van der Waals surface area contributed by atoms with Crippen molar-refractivity contribution in [3.8, 4) is 5.75 Å². The van der Waals surface area contributed by atoms with E-state index in [2.05, 4.69) is 5.32 Å². The van der Waals surface area contributed by atoms with Gasteiger partial charge in [0.15, 0.2) is 11.6 Å². The van der Waals surface area contributed by atoms with Crippen molar-refractivity contribution >= 4 is 12.0 Å². The first-order valence-electron chi connectivity index (χ1n) is 4.74. The summed E-state index contributed by atoms with van der Waals surface area (Å²) in [7, 11) is 1.39. The lowest BCUT2D eigenvalue weighted by atomic mass is 10.0. The second kappa shape index (κ2) is 4.18. The van der Waals surface area contributed by atoms with Gasteiger partial charge >= 0.3 is 0 Å². The average molecular weight is 219 g/mol. The Hall–Kier alpha value is -2.10. The van der Waals surface area contributed by atoms with Crippen LogP contribution in [0.3, 0.4) is 0 Å². The molecule has 1 aromatic rings. The summed E-state index contributed by atoms with van der Waals surface area (Å²) < 4.78 is 18.3. The van der Waals surface area contributed by atoms with Gasteiger partial charge in [-0.2, -0.15) is 0 Å². The second-order valence-electron chi connectivity index (χ2n) is 3.27. The van der Waals surface area contributed by atoms with Crippen LogP contribution in [0.25, 0.3) is 6.08 Å². The van der Waals surface area contributed by atoms with Crippen molar-refractivity contribution in [1.82, 2.24) is 5.32 Å². The molecule has 0 radical (unpaired) electrons. The number of nitrogens with one attached hydrogen (secondary N) is 1.